The summed E-state index contributed by atoms with van der Waals surface area (Å²) in [4.78, 5) is 4.19. The summed E-state index contributed by atoms with van der Waals surface area (Å²) in [7, 11) is 0. The molecule has 0 saturated carbocycles. The van der Waals surface area contributed by atoms with Crippen LogP contribution in [0.25, 0.3) is 11.0 Å². The molecule has 0 aliphatic carbocycles. The van der Waals surface area contributed by atoms with Gasteiger partial charge in [-0.25, -0.2) is 0 Å². The van der Waals surface area contributed by atoms with Gasteiger partial charge < -0.3 is 10.8 Å². The Labute approximate surface area is 81.0 Å². The zero-order valence-electron chi connectivity index (χ0n) is 7.64. The highest BCUT2D eigenvalue weighted by Gasteiger charge is 2.12. The van der Waals surface area contributed by atoms with Crippen molar-refractivity contribution in [1.82, 2.24) is 15.2 Å². The third kappa shape index (κ3) is 1.47. The van der Waals surface area contributed by atoms with Crippen LogP contribution in [0, 0.1) is 0 Å². The molecule has 5 heteroatoms. The van der Waals surface area contributed by atoms with Crippen molar-refractivity contribution in [3.05, 3.63) is 24.0 Å². The van der Waals surface area contributed by atoms with Crippen LogP contribution in [0.15, 0.2) is 18.3 Å². The Hall–Kier alpha value is -1.46. The van der Waals surface area contributed by atoms with Crippen molar-refractivity contribution in [2.24, 2.45) is 5.73 Å². The molecule has 2 aromatic rings. The highest BCUT2D eigenvalue weighted by atomic mass is 16.3. The number of hydrogen-bond donors (Lipinski definition) is 3. The van der Waals surface area contributed by atoms with Gasteiger partial charge in [0.25, 0.3) is 0 Å². The van der Waals surface area contributed by atoms with Crippen LogP contribution in [0.4, 0.5) is 0 Å². The van der Waals surface area contributed by atoms with E-state index < -0.39 is 0 Å². The molecule has 2 aromatic heterocycles. The smallest absolute Gasteiger partial charge is 0.113 e. The zero-order valence-corrected chi connectivity index (χ0v) is 7.64. The van der Waals surface area contributed by atoms with Gasteiger partial charge in [-0.05, 0) is 18.6 Å². The van der Waals surface area contributed by atoms with Gasteiger partial charge in [-0.3, -0.25) is 10.1 Å². The Kier molecular flexibility index (Phi) is 2.43. The van der Waals surface area contributed by atoms with Crippen molar-refractivity contribution < 1.29 is 5.11 Å². The standard InChI is InChI=1S/C9H12N4O/c10-6(3-5-14)8-9-7(12-13-8)2-1-4-11-9/h1-2,4,6,14H,3,5,10H2,(H,12,13). The SMILES string of the molecule is NC(CCO)c1[nH]nc2cccnc12. The highest BCUT2D eigenvalue weighted by Crippen LogP contribution is 2.19. The van der Waals surface area contributed by atoms with E-state index in [1.54, 1.807) is 6.20 Å². The Balaban J connectivity index is 2.42. The number of rotatable bonds is 3. The number of aliphatic hydroxyl groups excluding tert-OH is 1. The van der Waals surface area contributed by atoms with Crippen LogP contribution < -0.4 is 5.73 Å². The molecule has 0 spiro atoms. The Bertz CT molecular complexity index is 425. The number of aromatic nitrogens is 3. The number of nitrogens with two attached hydrogens (primary N) is 1. The second kappa shape index (κ2) is 3.73. The molecule has 0 aliphatic heterocycles. The largest absolute Gasteiger partial charge is 0.396 e. The minimum Gasteiger partial charge on any atom is -0.396 e. The topological polar surface area (TPSA) is 87.8 Å². The van der Waals surface area contributed by atoms with Crippen molar-refractivity contribution >= 4 is 11.0 Å². The molecule has 74 valence electrons. The summed E-state index contributed by atoms with van der Waals surface area (Å²) in [6.07, 6.45) is 2.21. The summed E-state index contributed by atoms with van der Waals surface area (Å²) in [5.74, 6) is 0. The molecule has 14 heavy (non-hydrogen) atoms. The summed E-state index contributed by atoms with van der Waals surface area (Å²) in [6, 6.07) is 3.46. The maximum atomic E-state index is 8.77. The summed E-state index contributed by atoms with van der Waals surface area (Å²) in [6.45, 7) is 0.0640. The van der Waals surface area contributed by atoms with Crippen molar-refractivity contribution in [2.45, 2.75) is 12.5 Å². The van der Waals surface area contributed by atoms with Crippen molar-refractivity contribution in [2.75, 3.05) is 6.61 Å². The highest BCUT2D eigenvalue weighted by molar-refractivity contribution is 5.76. The molecule has 0 aromatic carbocycles. The maximum Gasteiger partial charge on any atom is 0.113 e. The summed E-state index contributed by atoms with van der Waals surface area (Å²) < 4.78 is 0. The van der Waals surface area contributed by atoms with Gasteiger partial charge in [-0.2, -0.15) is 5.10 Å². The second-order valence-electron chi connectivity index (χ2n) is 3.13. The fourth-order valence-electron chi connectivity index (χ4n) is 1.41. The van der Waals surface area contributed by atoms with E-state index in [1.165, 1.54) is 0 Å². The molecule has 0 saturated heterocycles. The molecule has 5 nitrogen and oxygen atoms in total. The molecule has 0 radical (unpaired) electrons. The van der Waals surface area contributed by atoms with Gasteiger partial charge in [-0.15, -0.1) is 0 Å². The summed E-state index contributed by atoms with van der Waals surface area (Å²) in [5.41, 5.74) is 8.22. The van der Waals surface area contributed by atoms with Crippen LogP contribution in [-0.2, 0) is 0 Å². The summed E-state index contributed by atoms with van der Waals surface area (Å²) in [5, 5.41) is 15.7. The first-order valence-corrected chi connectivity index (χ1v) is 4.48. The van der Waals surface area contributed by atoms with Crippen LogP contribution in [0.1, 0.15) is 18.2 Å². The fraction of sp³-hybridized carbons (Fsp3) is 0.333. The average Bonchev–Trinajstić information content (AvgIpc) is 2.61. The number of hydrogen-bond acceptors (Lipinski definition) is 4. The first-order chi connectivity index (χ1) is 6.83. The van der Waals surface area contributed by atoms with E-state index in [9.17, 15) is 0 Å². The van der Waals surface area contributed by atoms with Gasteiger partial charge in [0.2, 0.25) is 0 Å². The monoisotopic (exact) mass is 192 g/mol. The predicted octanol–water partition coefficient (Wildman–Crippen LogP) is 0.340. The van der Waals surface area contributed by atoms with Crippen molar-refractivity contribution in [1.29, 1.82) is 0 Å². The molecule has 1 unspecified atom stereocenters. The zero-order chi connectivity index (χ0) is 9.97. The number of aliphatic hydroxyl groups is 1. The lowest BCUT2D eigenvalue weighted by atomic mass is 10.1. The molecule has 0 amide bonds. The van der Waals surface area contributed by atoms with E-state index in [2.05, 4.69) is 15.2 Å². The number of nitrogens with zero attached hydrogens (tertiary/aromatic N) is 2. The van der Waals surface area contributed by atoms with Crippen LogP contribution in [0.5, 0.6) is 0 Å². The van der Waals surface area contributed by atoms with E-state index in [1.807, 2.05) is 12.1 Å². The Morgan fingerprint density at radius 3 is 3.21 bits per heavy atom. The third-order valence-corrected chi connectivity index (χ3v) is 2.15. The lowest BCUT2D eigenvalue weighted by Gasteiger charge is -2.06. The predicted molar refractivity (Wildman–Crippen MR) is 52.5 cm³/mol. The maximum absolute atomic E-state index is 8.77. The normalized spacial score (nSPS) is 13.3. The van der Waals surface area contributed by atoms with Crippen LogP contribution in [0.2, 0.25) is 0 Å². The van der Waals surface area contributed by atoms with E-state index in [0.717, 1.165) is 16.7 Å². The quantitative estimate of drug-likeness (QED) is 0.654. The van der Waals surface area contributed by atoms with E-state index in [4.69, 9.17) is 10.8 Å². The first-order valence-electron chi connectivity index (χ1n) is 4.48. The van der Waals surface area contributed by atoms with Crippen molar-refractivity contribution in [3.63, 3.8) is 0 Å². The molecule has 0 fully saturated rings. The van der Waals surface area contributed by atoms with Gasteiger partial charge in [0.15, 0.2) is 0 Å². The number of nitrogens with one attached hydrogen (secondary N) is 1. The van der Waals surface area contributed by atoms with Gasteiger partial charge in [0.1, 0.15) is 11.0 Å². The molecule has 4 N–H and O–H groups in total. The number of pyridine rings is 1. The fourth-order valence-corrected chi connectivity index (χ4v) is 1.41. The molecule has 2 heterocycles. The Morgan fingerprint density at radius 2 is 2.43 bits per heavy atom. The number of fused-ring (bicyclic) bond motifs is 1. The van der Waals surface area contributed by atoms with Gasteiger partial charge >= 0.3 is 0 Å². The lowest BCUT2D eigenvalue weighted by Crippen LogP contribution is -2.12. The number of H-pyrrole nitrogens is 1. The molecular formula is C9H12N4O. The minimum absolute atomic E-state index is 0.0640. The number of aromatic amines is 1. The third-order valence-electron chi connectivity index (χ3n) is 2.15. The van der Waals surface area contributed by atoms with Gasteiger partial charge in [-0.1, -0.05) is 0 Å². The first kappa shape index (κ1) is 9.11. The van der Waals surface area contributed by atoms with Crippen LogP contribution >= 0.6 is 0 Å². The van der Waals surface area contributed by atoms with Crippen LogP contribution in [0.3, 0.4) is 0 Å². The molecule has 0 aliphatic rings. The average molecular weight is 192 g/mol. The van der Waals surface area contributed by atoms with E-state index in [0.29, 0.717) is 6.42 Å². The Morgan fingerprint density at radius 1 is 1.57 bits per heavy atom. The van der Waals surface area contributed by atoms with E-state index >= 15 is 0 Å². The van der Waals surface area contributed by atoms with Crippen LogP contribution in [-0.4, -0.2) is 26.9 Å². The van der Waals surface area contributed by atoms with Gasteiger partial charge in [0.05, 0.1) is 11.7 Å². The molecular weight excluding hydrogens is 180 g/mol. The van der Waals surface area contributed by atoms with Gasteiger partial charge in [0, 0.05) is 12.8 Å². The molecule has 1 atom stereocenters. The molecule has 0 bridgehead atoms. The second-order valence-corrected chi connectivity index (χ2v) is 3.13. The lowest BCUT2D eigenvalue weighted by molar-refractivity contribution is 0.276. The molecule has 2 rings (SSSR count). The van der Waals surface area contributed by atoms with E-state index in [-0.39, 0.29) is 12.6 Å². The summed E-state index contributed by atoms with van der Waals surface area (Å²) >= 11 is 0. The van der Waals surface area contributed by atoms with Crippen molar-refractivity contribution in [3.8, 4) is 0 Å². The minimum atomic E-state index is -0.236.